The van der Waals surface area contributed by atoms with E-state index >= 15 is 0 Å². The Bertz CT molecular complexity index is 502. The molecule has 78 valence electrons. The van der Waals surface area contributed by atoms with E-state index in [2.05, 4.69) is 5.10 Å². The average molecular weight is 204 g/mol. The fraction of sp³-hybridized carbons (Fsp3) is 0.273. The van der Waals surface area contributed by atoms with E-state index in [1.165, 1.54) is 0 Å². The van der Waals surface area contributed by atoms with Gasteiger partial charge in [0.2, 0.25) is 0 Å². The highest BCUT2D eigenvalue weighted by atomic mass is 16.4. The van der Waals surface area contributed by atoms with Crippen LogP contribution < -0.4 is 0 Å². The normalized spacial score (nSPS) is 10.7. The first-order chi connectivity index (χ1) is 7.19. The summed E-state index contributed by atoms with van der Waals surface area (Å²) in [5.41, 5.74) is 1.72. The van der Waals surface area contributed by atoms with E-state index in [0.717, 1.165) is 23.0 Å². The molecule has 0 amide bonds. The molecule has 1 aromatic carbocycles. The van der Waals surface area contributed by atoms with Gasteiger partial charge in [-0.15, -0.1) is 0 Å². The second-order valence-electron chi connectivity index (χ2n) is 3.45. The standard InChI is InChI=1S/C11H12N2O2/c1-2-13-7-9-5-8(6-11(14)15)3-4-10(9)12-13/h3-5,7H,2,6H2,1H3,(H,14,15). The maximum absolute atomic E-state index is 10.5. The van der Waals surface area contributed by atoms with Gasteiger partial charge in [-0.1, -0.05) is 6.07 Å². The number of rotatable bonds is 3. The number of carboxylic acid groups (broad SMARTS) is 1. The Morgan fingerprint density at radius 1 is 1.53 bits per heavy atom. The molecule has 0 aliphatic rings. The lowest BCUT2D eigenvalue weighted by atomic mass is 10.1. The molecular formula is C11H12N2O2. The van der Waals surface area contributed by atoms with Gasteiger partial charge in [0.25, 0.3) is 0 Å². The quantitative estimate of drug-likeness (QED) is 0.827. The molecule has 1 heterocycles. The van der Waals surface area contributed by atoms with E-state index in [1.54, 1.807) is 0 Å². The minimum atomic E-state index is -0.808. The summed E-state index contributed by atoms with van der Waals surface area (Å²) in [6, 6.07) is 5.55. The molecule has 0 aliphatic heterocycles. The van der Waals surface area contributed by atoms with Crippen molar-refractivity contribution in [3.63, 3.8) is 0 Å². The van der Waals surface area contributed by atoms with Crippen LogP contribution in [0.25, 0.3) is 10.9 Å². The molecule has 0 saturated carbocycles. The van der Waals surface area contributed by atoms with Crippen LogP contribution in [0.15, 0.2) is 24.4 Å². The van der Waals surface area contributed by atoms with Gasteiger partial charge in [-0.3, -0.25) is 9.48 Å². The summed E-state index contributed by atoms with van der Waals surface area (Å²) in [6.45, 7) is 2.84. The number of aliphatic carboxylic acids is 1. The lowest BCUT2D eigenvalue weighted by Gasteiger charge is -1.95. The molecule has 15 heavy (non-hydrogen) atoms. The van der Waals surface area contributed by atoms with Gasteiger partial charge in [-0.2, -0.15) is 5.10 Å². The number of aromatic nitrogens is 2. The van der Waals surface area contributed by atoms with Crippen molar-refractivity contribution in [3.8, 4) is 0 Å². The van der Waals surface area contributed by atoms with Crippen molar-refractivity contribution in [1.29, 1.82) is 0 Å². The predicted molar refractivity (Wildman–Crippen MR) is 56.7 cm³/mol. The van der Waals surface area contributed by atoms with Gasteiger partial charge in [0, 0.05) is 18.1 Å². The van der Waals surface area contributed by atoms with Crippen molar-refractivity contribution in [3.05, 3.63) is 30.0 Å². The van der Waals surface area contributed by atoms with Crippen LogP contribution in [-0.2, 0) is 17.8 Å². The smallest absolute Gasteiger partial charge is 0.307 e. The van der Waals surface area contributed by atoms with Crippen LogP contribution in [0.3, 0.4) is 0 Å². The molecule has 0 bridgehead atoms. The Kier molecular flexibility index (Phi) is 2.41. The van der Waals surface area contributed by atoms with Crippen molar-refractivity contribution in [2.24, 2.45) is 0 Å². The predicted octanol–water partition coefficient (Wildman–Crippen LogP) is 1.68. The van der Waals surface area contributed by atoms with E-state index in [0.29, 0.717) is 0 Å². The monoisotopic (exact) mass is 204 g/mol. The third-order valence-electron chi connectivity index (χ3n) is 2.30. The van der Waals surface area contributed by atoms with Gasteiger partial charge in [0.1, 0.15) is 0 Å². The topological polar surface area (TPSA) is 55.1 Å². The molecule has 0 spiro atoms. The fourth-order valence-corrected chi connectivity index (χ4v) is 1.57. The molecule has 0 unspecified atom stereocenters. The third kappa shape index (κ3) is 1.98. The number of nitrogens with zero attached hydrogens (tertiary/aromatic N) is 2. The van der Waals surface area contributed by atoms with Crippen LogP contribution in [0, 0.1) is 0 Å². The third-order valence-corrected chi connectivity index (χ3v) is 2.30. The van der Waals surface area contributed by atoms with E-state index in [-0.39, 0.29) is 6.42 Å². The molecule has 0 saturated heterocycles. The highest BCUT2D eigenvalue weighted by Gasteiger charge is 2.04. The Hall–Kier alpha value is -1.84. The van der Waals surface area contributed by atoms with Crippen LogP contribution in [0.5, 0.6) is 0 Å². The zero-order valence-corrected chi connectivity index (χ0v) is 8.47. The molecule has 4 heteroatoms. The average Bonchev–Trinajstić information content (AvgIpc) is 2.58. The van der Waals surface area contributed by atoms with Crippen LogP contribution in [-0.4, -0.2) is 20.9 Å². The molecule has 2 aromatic rings. The van der Waals surface area contributed by atoms with Crippen molar-refractivity contribution >= 4 is 16.9 Å². The van der Waals surface area contributed by atoms with Crippen LogP contribution >= 0.6 is 0 Å². The van der Waals surface area contributed by atoms with Crippen LogP contribution in [0.4, 0.5) is 0 Å². The number of carboxylic acids is 1. The number of fused-ring (bicyclic) bond motifs is 1. The van der Waals surface area contributed by atoms with Gasteiger partial charge >= 0.3 is 5.97 Å². The van der Waals surface area contributed by atoms with Gasteiger partial charge in [-0.05, 0) is 24.6 Å². The van der Waals surface area contributed by atoms with Crippen molar-refractivity contribution < 1.29 is 9.90 Å². The van der Waals surface area contributed by atoms with Crippen molar-refractivity contribution in [2.45, 2.75) is 19.9 Å². The van der Waals surface area contributed by atoms with Crippen molar-refractivity contribution in [1.82, 2.24) is 9.78 Å². The summed E-state index contributed by atoms with van der Waals surface area (Å²) < 4.78 is 1.84. The minimum absolute atomic E-state index is 0.0627. The van der Waals surface area contributed by atoms with Gasteiger partial charge in [0.15, 0.2) is 0 Å². The zero-order valence-electron chi connectivity index (χ0n) is 8.47. The van der Waals surface area contributed by atoms with Gasteiger partial charge in [-0.25, -0.2) is 0 Å². The van der Waals surface area contributed by atoms with Gasteiger partial charge < -0.3 is 5.11 Å². The Morgan fingerprint density at radius 3 is 3.00 bits per heavy atom. The summed E-state index contributed by atoms with van der Waals surface area (Å²) in [4.78, 5) is 10.5. The molecule has 0 radical (unpaired) electrons. The number of aryl methyl sites for hydroxylation is 1. The molecule has 2 rings (SSSR count). The van der Waals surface area contributed by atoms with Gasteiger partial charge in [0.05, 0.1) is 11.9 Å². The number of hydrogen-bond donors (Lipinski definition) is 1. The summed E-state index contributed by atoms with van der Waals surface area (Å²) in [7, 11) is 0. The number of carbonyl (C=O) groups is 1. The lowest BCUT2D eigenvalue weighted by Crippen LogP contribution is -1.99. The Morgan fingerprint density at radius 2 is 2.33 bits per heavy atom. The molecule has 0 atom stereocenters. The molecular weight excluding hydrogens is 192 g/mol. The zero-order chi connectivity index (χ0) is 10.8. The first-order valence-electron chi connectivity index (χ1n) is 4.87. The Balaban J connectivity index is 2.41. The first-order valence-corrected chi connectivity index (χ1v) is 4.87. The van der Waals surface area contributed by atoms with E-state index in [1.807, 2.05) is 36.0 Å². The summed E-state index contributed by atoms with van der Waals surface area (Å²) in [5, 5.41) is 14.0. The largest absolute Gasteiger partial charge is 0.481 e. The molecule has 4 nitrogen and oxygen atoms in total. The van der Waals surface area contributed by atoms with E-state index in [9.17, 15) is 4.79 Å². The minimum Gasteiger partial charge on any atom is -0.481 e. The summed E-state index contributed by atoms with van der Waals surface area (Å²) in [6.07, 6.45) is 1.99. The first kappa shape index (κ1) is 9.71. The van der Waals surface area contributed by atoms with Crippen LogP contribution in [0.2, 0.25) is 0 Å². The highest BCUT2D eigenvalue weighted by Crippen LogP contribution is 2.14. The lowest BCUT2D eigenvalue weighted by molar-refractivity contribution is -0.136. The SMILES string of the molecule is CCn1cc2cc(CC(=O)O)ccc2n1. The van der Waals surface area contributed by atoms with E-state index in [4.69, 9.17) is 5.11 Å². The summed E-state index contributed by atoms with van der Waals surface area (Å²) in [5.74, 6) is -0.808. The highest BCUT2D eigenvalue weighted by molar-refractivity contribution is 5.80. The van der Waals surface area contributed by atoms with Crippen LogP contribution in [0.1, 0.15) is 12.5 Å². The maximum atomic E-state index is 10.5. The second-order valence-corrected chi connectivity index (χ2v) is 3.45. The molecule has 0 fully saturated rings. The van der Waals surface area contributed by atoms with Crippen molar-refractivity contribution in [2.75, 3.05) is 0 Å². The second kappa shape index (κ2) is 3.73. The fourth-order valence-electron chi connectivity index (χ4n) is 1.57. The number of hydrogen-bond acceptors (Lipinski definition) is 2. The number of benzene rings is 1. The Labute approximate surface area is 87.1 Å². The molecule has 1 aromatic heterocycles. The maximum Gasteiger partial charge on any atom is 0.307 e. The molecule has 1 N–H and O–H groups in total. The van der Waals surface area contributed by atoms with E-state index < -0.39 is 5.97 Å². The molecule has 0 aliphatic carbocycles. The summed E-state index contributed by atoms with van der Waals surface area (Å²) >= 11 is 0.